The van der Waals surface area contributed by atoms with E-state index in [1.165, 1.54) is 32.7 Å². The Labute approximate surface area is 330 Å². The van der Waals surface area contributed by atoms with Gasteiger partial charge in [-0.3, -0.25) is 0 Å². The Hall–Kier alpha value is -7.62. The fourth-order valence-electron chi connectivity index (χ4n) is 8.23. The third-order valence-corrected chi connectivity index (χ3v) is 11.1. The SMILES string of the molecule is c1ccc(-c2nc(-c3cc(-c4ccc5oc6ccccc6c5c4)cc(-c4ccccc4-c4ccccc4)c3)cc(-c3ccc4ccc5ccccc5c4c3)n2)cc1. The highest BCUT2D eigenvalue weighted by Crippen LogP contribution is 2.40. The van der Waals surface area contributed by atoms with Crippen LogP contribution in [-0.4, -0.2) is 9.97 Å². The maximum atomic E-state index is 6.24. The van der Waals surface area contributed by atoms with E-state index in [2.05, 4.69) is 176 Å². The highest BCUT2D eigenvalue weighted by atomic mass is 16.3. The molecule has 0 unspecified atom stereocenters. The summed E-state index contributed by atoms with van der Waals surface area (Å²) >= 11 is 0. The average Bonchev–Trinajstić information content (AvgIpc) is 3.67. The Morgan fingerprint density at radius 2 is 0.825 bits per heavy atom. The molecule has 0 amide bonds. The lowest BCUT2D eigenvalue weighted by molar-refractivity contribution is 0.669. The van der Waals surface area contributed by atoms with Crippen LogP contribution in [0.3, 0.4) is 0 Å². The van der Waals surface area contributed by atoms with Crippen molar-refractivity contribution in [1.29, 1.82) is 0 Å². The van der Waals surface area contributed by atoms with Crippen LogP contribution in [0.4, 0.5) is 0 Å². The van der Waals surface area contributed by atoms with E-state index in [0.29, 0.717) is 5.82 Å². The summed E-state index contributed by atoms with van der Waals surface area (Å²) in [6.07, 6.45) is 0. The summed E-state index contributed by atoms with van der Waals surface area (Å²) in [5.41, 5.74) is 13.3. The zero-order valence-electron chi connectivity index (χ0n) is 30.9. The second-order valence-corrected chi connectivity index (χ2v) is 14.6. The third kappa shape index (κ3) is 5.94. The standard InChI is InChI=1S/C54H34N2O/c1-3-13-35(14-4-1)44-18-9-10-20-46(44)42-29-41(39-27-28-53-49(32-39)47-21-11-12-22-52(47)57-53)30-43(31-42)51-34-50(55-54(56-51)38-16-5-2-6-17-38)40-26-25-37-24-23-36-15-7-8-19-45(36)48(37)33-40/h1-34H. The van der Waals surface area contributed by atoms with Gasteiger partial charge in [0.05, 0.1) is 11.4 Å². The van der Waals surface area contributed by atoms with Gasteiger partial charge in [-0.25, -0.2) is 9.97 Å². The molecule has 11 rings (SSSR count). The van der Waals surface area contributed by atoms with E-state index in [1.54, 1.807) is 0 Å². The summed E-state index contributed by atoms with van der Waals surface area (Å²) < 4.78 is 6.24. The fraction of sp³-hybridized carbons (Fsp3) is 0. The third-order valence-electron chi connectivity index (χ3n) is 11.1. The van der Waals surface area contributed by atoms with Gasteiger partial charge in [0.1, 0.15) is 11.2 Å². The minimum atomic E-state index is 0.684. The molecule has 0 saturated heterocycles. The van der Waals surface area contributed by atoms with Crippen molar-refractivity contribution in [3.05, 3.63) is 206 Å². The van der Waals surface area contributed by atoms with E-state index < -0.39 is 0 Å². The molecule has 9 aromatic carbocycles. The molecule has 0 radical (unpaired) electrons. The summed E-state index contributed by atoms with van der Waals surface area (Å²) in [6.45, 7) is 0. The largest absolute Gasteiger partial charge is 0.456 e. The number of benzene rings is 9. The molecule has 2 heterocycles. The van der Waals surface area contributed by atoms with Crippen LogP contribution in [0.2, 0.25) is 0 Å². The van der Waals surface area contributed by atoms with E-state index >= 15 is 0 Å². The molecule has 0 saturated carbocycles. The first-order valence-electron chi connectivity index (χ1n) is 19.3. The molecule has 0 N–H and O–H groups in total. The molecule has 0 atom stereocenters. The number of aromatic nitrogens is 2. The minimum absolute atomic E-state index is 0.684. The van der Waals surface area contributed by atoms with Crippen LogP contribution in [0.1, 0.15) is 0 Å². The van der Waals surface area contributed by atoms with Crippen molar-refractivity contribution in [2.45, 2.75) is 0 Å². The second kappa shape index (κ2) is 13.6. The van der Waals surface area contributed by atoms with Crippen LogP contribution in [0.15, 0.2) is 211 Å². The molecule has 0 fully saturated rings. The summed E-state index contributed by atoms with van der Waals surface area (Å²) in [5.74, 6) is 0.684. The lowest BCUT2D eigenvalue weighted by Crippen LogP contribution is -1.97. The van der Waals surface area contributed by atoms with E-state index in [-0.39, 0.29) is 0 Å². The van der Waals surface area contributed by atoms with E-state index in [0.717, 1.165) is 72.3 Å². The molecule has 0 aliphatic heterocycles. The van der Waals surface area contributed by atoms with Crippen LogP contribution in [0.5, 0.6) is 0 Å². The van der Waals surface area contributed by atoms with Gasteiger partial charge in [0, 0.05) is 27.5 Å². The topological polar surface area (TPSA) is 38.9 Å². The Morgan fingerprint density at radius 3 is 1.63 bits per heavy atom. The number of nitrogens with zero attached hydrogens (tertiary/aromatic N) is 2. The van der Waals surface area contributed by atoms with Gasteiger partial charge < -0.3 is 4.42 Å². The van der Waals surface area contributed by atoms with Crippen LogP contribution in [-0.2, 0) is 0 Å². The first-order valence-corrected chi connectivity index (χ1v) is 19.3. The van der Waals surface area contributed by atoms with Crippen LogP contribution < -0.4 is 0 Å². The normalized spacial score (nSPS) is 11.5. The predicted molar refractivity (Wildman–Crippen MR) is 237 cm³/mol. The van der Waals surface area contributed by atoms with Gasteiger partial charge in [-0.2, -0.15) is 0 Å². The molecule has 266 valence electrons. The smallest absolute Gasteiger partial charge is 0.160 e. The Balaban J connectivity index is 1.15. The summed E-state index contributed by atoms with van der Waals surface area (Å²) in [7, 11) is 0. The van der Waals surface area contributed by atoms with Gasteiger partial charge in [-0.15, -0.1) is 0 Å². The molecule has 11 aromatic rings. The van der Waals surface area contributed by atoms with Crippen molar-refractivity contribution in [3.63, 3.8) is 0 Å². The van der Waals surface area contributed by atoms with Crippen molar-refractivity contribution < 1.29 is 4.42 Å². The van der Waals surface area contributed by atoms with Crippen molar-refractivity contribution in [2.24, 2.45) is 0 Å². The van der Waals surface area contributed by atoms with Crippen LogP contribution >= 0.6 is 0 Å². The van der Waals surface area contributed by atoms with Gasteiger partial charge >= 0.3 is 0 Å². The lowest BCUT2D eigenvalue weighted by Gasteiger charge is -2.15. The zero-order valence-corrected chi connectivity index (χ0v) is 30.9. The van der Waals surface area contributed by atoms with Gasteiger partial charge in [0.2, 0.25) is 0 Å². The van der Waals surface area contributed by atoms with Crippen molar-refractivity contribution in [2.75, 3.05) is 0 Å². The van der Waals surface area contributed by atoms with Crippen LogP contribution in [0.25, 0.3) is 111 Å². The number of rotatable bonds is 6. The van der Waals surface area contributed by atoms with Gasteiger partial charge in [-0.1, -0.05) is 158 Å². The lowest BCUT2D eigenvalue weighted by atomic mass is 9.90. The average molecular weight is 727 g/mol. The van der Waals surface area contributed by atoms with Crippen molar-refractivity contribution >= 4 is 43.5 Å². The fourth-order valence-corrected chi connectivity index (χ4v) is 8.23. The number of para-hydroxylation sites is 1. The maximum absolute atomic E-state index is 6.24. The molecule has 0 spiro atoms. The van der Waals surface area contributed by atoms with Crippen molar-refractivity contribution in [1.82, 2.24) is 9.97 Å². The molecule has 0 bridgehead atoms. The molecule has 3 nitrogen and oxygen atoms in total. The quantitative estimate of drug-likeness (QED) is 0.160. The predicted octanol–water partition coefficient (Wildman–Crippen LogP) is 14.7. The first kappa shape index (κ1) is 32.8. The molecule has 0 aliphatic carbocycles. The maximum Gasteiger partial charge on any atom is 0.160 e. The highest BCUT2D eigenvalue weighted by Gasteiger charge is 2.17. The molecule has 2 aromatic heterocycles. The molecule has 3 heteroatoms. The van der Waals surface area contributed by atoms with Gasteiger partial charge in [0.15, 0.2) is 5.82 Å². The van der Waals surface area contributed by atoms with E-state index in [1.807, 2.05) is 30.3 Å². The molecule has 57 heavy (non-hydrogen) atoms. The van der Waals surface area contributed by atoms with Gasteiger partial charge in [0.25, 0.3) is 0 Å². The number of furan rings is 1. The molecule has 0 aliphatic rings. The summed E-state index contributed by atoms with van der Waals surface area (Å²) in [5, 5.41) is 7.06. The second-order valence-electron chi connectivity index (χ2n) is 14.6. The number of hydrogen-bond donors (Lipinski definition) is 0. The Kier molecular flexibility index (Phi) is 7.82. The minimum Gasteiger partial charge on any atom is -0.456 e. The van der Waals surface area contributed by atoms with Gasteiger partial charge in [-0.05, 0) is 103 Å². The van der Waals surface area contributed by atoms with Crippen molar-refractivity contribution in [3.8, 4) is 67.3 Å². The van der Waals surface area contributed by atoms with E-state index in [9.17, 15) is 0 Å². The zero-order chi connectivity index (χ0) is 37.7. The Bertz CT molecular complexity index is 3290. The summed E-state index contributed by atoms with van der Waals surface area (Å²) in [4.78, 5) is 10.6. The van der Waals surface area contributed by atoms with Crippen LogP contribution in [0, 0.1) is 0 Å². The molecular formula is C54H34N2O. The number of hydrogen-bond acceptors (Lipinski definition) is 3. The first-order chi connectivity index (χ1) is 28.2. The Morgan fingerprint density at radius 1 is 0.281 bits per heavy atom. The monoisotopic (exact) mass is 726 g/mol. The highest BCUT2D eigenvalue weighted by molar-refractivity contribution is 6.09. The summed E-state index contributed by atoms with van der Waals surface area (Å²) in [6, 6.07) is 73.0. The number of fused-ring (bicyclic) bond motifs is 6. The van der Waals surface area contributed by atoms with E-state index in [4.69, 9.17) is 14.4 Å². The molecular weight excluding hydrogens is 693 g/mol.